The summed E-state index contributed by atoms with van der Waals surface area (Å²) in [6, 6.07) is 6.94. The zero-order valence-corrected chi connectivity index (χ0v) is 12.8. The summed E-state index contributed by atoms with van der Waals surface area (Å²) in [6.07, 6.45) is -0.258. The standard InChI is InChI=1S/C15H25NOS/c1-10-6-7-14(11(2)8-10)15(16-5)9-18-13(4)12(3)17/h6-8,12-13,15-17H,9H2,1-5H3. The molecule has 0 radical (unpaired) electrons. The van der Waals surface area contributed by atoms with Crippen molar-refractivity contribution < 1.29 is 5.11 Å². The Morgan fingerprint density at radius 2 is 1.94 bits per heavy atom. The van der Waals surface area contributed by atoms with Gasteiger partial charge in [-0.2, -0.15) is 11.8 Å². The van der Waals surface area contributed by atoms with Gasteiger partial charge in [-0.15, -0.1) is 0 Å². The highest BCUT2D eigenvalue weighted by Crippen LogP contribution is 2.25. The van der Waals surface area contributed by atoms with Crippen LogP contribution in [-0.2, 0) is 0 Å². The number of rotatable bonds is 6. The molecule has 1 aromatic carbocycles. The molecule has 18 heavy (non-hydrogen) atoms. The molecule has 1 rings (SSSR count). The Balaban J connectivity index is 2.71. The van der Waals surface area contributed by atoms with Crippen LogP contribution >= 0.6 is 11.8 Å². The fourth-order valence-corrected chi connectivity index (χ4v) is 3.05. The Bertz CT molecular complexity index is 379. The predicted molar refractivity (Wildman–Crippen MR) is 81.3 cm³/mol. The molecule has 102 valence electrons. The van der Waals surface area contributed by atoms with E-state index in [0.29, 0.717) is 6.04 Å². The van der Waals surface area contributed by atoms with Crippen molar-refractivity contribution in [2.24, 2.45) is 0 Å². The van der Waals surface area contributed by atoms with Crippen LogP contribution in [0.4, 0.5) is 0 Å². The molecule has 0 aliphatic rings. The average molecular weight is 267 g/mol. The van der Waals surface area contributed by atoms with Crippen molar-refractivity contribution in [2.45, 2.75) is 45.1 Å². The summed E-state index contributed by atoms with van der Waals surface area (Å²) in [5.41, 5.74) is 3.99. The van der Waals surface area contributed by atoms with Gasteiger partial charge in [-0.1, -0.05) is 30.7 Å². The summed E-state index contributed by atoms with van der Waals surface area (Å²) in [5, 5.41) is 13.2. The first kappa shape index (κ1) is 15.5. The molecular weight excluding hydrogens is 242 g/mol. The van der Waals surface area contributed by atoms with E-state index in [0.717, 1.165) is 5.75 Å². The molecule has 0 spiro atoms. The minimum atomic E-state index is -0.258. The smallest absolute Gasteiger partial charge is 0.0628 e. The fourth-order valence-electron chi connectivity index (χ4n) is 1.93. The lowest BCUT2D eigenvalue weighted by Crippen LogP contribution is -2.23. The minimum Gasteiger partial charge on any atom is -0.392 e. The molecule has 0 amide bonds. The summed E-state index contributed by atoms with van der Waals surface area (Å²) in [5.74, 6) is 0.979. The second kappa shape index (κ2) is 7.17. The monoisotopic (exact) mass is 267 g/mol. The van der Waals surface area contributed by atoms with E-state index in [4.69, 9.17) is 0 Å². The molecule has 0 saturated heterocycles. The molecule has 0 saturated carbocycles. The molecule has 0 bridgehead atoms. The van der Waals surface area contributed by atoms with E-state index in [2.05, 4.69) is 44.3 Å². The van der Waals surface area contributed by atoms with E-state index < -0.39 is 0 Å². The zero-order valence-electron chi connectivity index (χ0n) is 12.0. The van der Waals surface area contributed by atoms with Gasteiger partial charge < -0.3 is 10.4 Å². The van der Waals surface area contributed by atoms with Crippen LogP contribution < -0.4 is 5.32 Å². The maximum atomic E-state index is 9.53. The Morgan fingerprint density at radius 3 is 2.44 bits per heavy atom. The summed E-state index contributed by atoms with van der Waals surface area (Å²) >= 11 is 1.81. The number of thioether (sulfide) groups is 1. The maximum absolute atomic E-state index is 9.53. The second-order valence-corrected chi connectivity index (χ2v) is 6.39. The van der Waals surface area contributed by atoms with Crippen LogP contribution in [0.25, 0.3) is 0 Å². The molecule has 1 aromatic rings. The Kier molecular flexibility index (Phi) is 6.19. The molecule has 3 heteroatoms. The lowest BCUT2D eigenvalue weighted by molar-refractivity contribution is 0.196. The van der Waals surface area contributed by atoms with Gasteiger partial charge in [-0.25, -0.2) is 0 Å². The van der Waals surface area contributed by atoms with Gasteiger partial charge >= 0.3 is 0 Å². The van der Waals surface area contributed by atoms with Crippen molar-refractivity contribution in [3.8, 4) is 0 Å². The molecule has 0 heterocycles. The number of aliphatic hydroxyl groups excluding tert-OH is 1. The van der Waals surface area contributed by atoms with Gasteiger partial charge in [0.05, 0.1) is 6.10 Å². The van der Waals surface area contributed by atoms with Gasteiger partial charge in [0.25, 0.3) is 0 Å². The Morgan fingerprint density at radius 1 is 1.28 bits per heavy atom. The molecule has 0 aromatic heterocycles. The van der Waals surface area contributed by atoms with Gasteiger partial charge in [-0.3, -0.25) is 0 Å². The number of hydrogen-bond donors (Lipinski definition) is 2. The molecule has 0 aliphatic carbocycles. The van der Waals surface area contributed by atoms with Crippen LogP contribution in [0.15, 0.2) is 18.2 Å². The van der Waals surface area contributed by atoms with E-state index in [1.807, 2.05) is 25.7 Å². The third-order valence-electron chi connectivity index (χ3n) is 3.35. The highest BCUT2D eigenvalue weighted by atomic mass is 32.2. The van der Waals surface area contributed by atoms with Gasteiger partial charge in [0.2, 0.25) is 0 Å². The van der Waals surface area contributed by atoms with E-state index in [1.54, 1.807) is 0 Å². The van der Waals surface area contributed by atoms with Crippen molar-refractivity contribution in [3.63, 3.8) is 0 Å². The summed E-state index contributed by atoms with van der Waals surface area (Å²) in [7, 11) is 2.00. The van der Waals surface area contributed by atoms with Crippen LogP contribution in [0.3, 0.4) is 0 Å². The summed E-state index contributed by atoms with van der Waals surface area (Å²) < 4.78 is 0. The third kappa shape index (κ3) is 4.30. The Labute approximate surface area is 115 Å². The van der Waals surface area contributed by atoms with Crippen molar-refractivity contribution >= 4 is 11.8 Å². The highest BCUT2D eigenvalue weighted by Gasteiger charge is 2.15. The average Bonchev–Trinajstić information content (AvgIpc) is 2.31. The number of benzene rings is 1. The van der Waals surface area contributed by atoms with Crippen LogP contribution in [0.5, 0.6) is 0 Å². The first-order valence-corrected chi connectivity index (χ1v) is 7.54. The van der Waals surface area contributed by atoms with Crippen LogP contribution in [0, 0.1) is 13.8 Å². The van der Waals surface area contributed by atoms with Crippen molar-refractivity contribution in [1.29, 1.82) is 0 Å². The largest absolute Gasteiger partial charge is 0.392 e. The van der Waals surface area contributed by atoms with Crippen LogP contribution in [-0.4, -0.2) is 29.3 Å². The normalized spacial score (nSPS) is 16.3. The Hall–Kier alpha value is -0.510. The fraction of sp³-hybridized carbons (Fsp3) is 0.600. The molecule has 3 atom stereocenters. The van der Waals surface area contributed by atoms with E-state index >= 15 is 0 Å². The van der Waals surface area contributed by atoms with Crippen LogP contribution in [0.1, 0.15) is 36.6 Å². The number of hydrogen-bond acceptors (Lipinski definition) is 3. The van der Waals surface area contributed by atoms with Crippen molar-refractivity contribution in [2.75, 3.05) is 12.8 Å². The van der Waals surface area contributed by atoms with E-state index in [9.17, 15) is 5.11 Å². The SMILES string of the molecule is CNC(CSC(C)C(C)O)c1ccc(C)cc1C. The maximum Gasteiger partial charge on any atom is 0.0628 e. The lowest BCUT2D eigenvalue weighted by Gasteiger charge is -2.22. The van der Waals surface area contributed by atoms with Gasteiger partial charge in [-0.05, 0) is 38.9 Å². The summed E-state index contributed by atoms with van der Waals surface area (Å²) in [6.45, 7) is 8.21. The third-order valence-corrected chi connectivity index (χ3v) is 4.80. The number of nitrogens with one attached hydrogen (secondary N) is 1. The molecule has 2 nitrogen and oxygen atoms in total. The van der Waals surface area contributed by atoms with Gasteiger partial charge in [0.1, 0.15) is 0 Å². The molecule has 0 aliphatic heterocycles. The molecule has 3 unspecified atom stereocenters. The van der Waals surface area contributed by atoms with Gasteiger partial charge in [0.15, 0.2) is 0 Å². The summed E-state index contributed by atoms with van der Waals surface area (Å²) in [4.78, 5) is 0. The van der Waals surface area contributed by atoms with Gasteiger partial charge in [0, 0.05) is 17.0 Å². The van der Waals surface area contributed by atoms with Crippen LogP contribution in [0.2, 0.25) is 0 Å². The van der Waals surface area contributed by atoms with Crippen molar-refractivity contribution in [3.05, 3.63) is 34.9 Å². The minimum absolute atomic E-state index is 0.258. The number of aliphatic hydroxyl groups is 1. The molecule has 2 N–H and O–H groups in total. The van der Waals surface area contributed by atoms with E-state index in [-0.39, 0.29) is 11.4 Å². The quantitative estimate of drug-likeness (QED) is 0.831. The van der Waals surface area contributed by atoms with E-state index in [1.165, 1.54) is 16.7 Å². The topological polar surface area (TPSA) is 32.3 Å². The first-order valence-electron chi connectivity index (χ1n) is 6.49. The zero-order chi connectivity index (χ0) is 13.7. The lowest BCUT2D eigenvalue weighted by atomic mass is 10.0. The predicted octanol–water partition coefficient (Wildman–Crippen LogP) is 3.07. The highest BCUT2D eigenvalue weighted by molar-refractivity contribution is 7.99. The first-order chi connectivity index (χ1) is 8.45. The second-order valence-electron chi connectivity index (χ2n) is 4.98. The number of aryl methyl sites for hydroxylation is 2. The van der Waals surface area contributed by atoms with Crippen molar-refractivity contribution in [1.82, 2.24) is 5.32 Å². The molecular formula is C15H25NOS. The molecule has 0 fully saturated rings.